The number of imidazole rings is 1. The van der Waals surface area contributed by atoms with Crippen LogP contribution in [0.3, 0.4) is 0 Å². The van der Waals surface area contributed by atoms with E-state index in [1.165, 1.54) is 0 Å². The molecule has 2 N–H and O–H groups in total. The first-order valence-electron chi connectivity index (χ1n) is 6.59. The molecule has 0 aliphatic carbocycles. The van der Waals surface area contributed by atoms with Crippen LogP contribution in [0.2, 0.25) is 5.02 Å². The van der Waals surface area contributed by atoms with Gasteiger partial charge in [-0.25, -0.2) is 4.98 Å². The molecule has 3 aromatic rings. The molecule has 0 saturated heterocycles. The average molecular weight is 311 g/mol. The summed E-state index contributed by atoms with van der Waals surface area (Å²) in [7, 11) is 0. The van der Waals surface area contributed by atoms with Gasteiger partial charge >= 0.3 is 0 Å². The number of carbonyl (C=O) groups excluding carboxylic acids is 1. The number of nitrogens with one attached hydrogen (secondary N) is 2. The van der Waals surface area contributed by atoms with Crippen LogP contribution in [0.15, 0.2) is 42.5 Å². The molecule has 0 bridgehead atoms. The standard InChI is InChI=1S/C16H11ClN4O/c17-12-6-5-10(19-15(22)7-8-18)9-11(12)16-20-13-3-1-2-4-14(13)21-16/h1-6,9H,7H2,(H,19,22)(H,20,21). The van der Waals surface area contributed by atoms with E-state index in [0.29, 0.717) is 22.1 Å². The zero-order valence-corrected chi connectivity index (χ0v) is 12.2. The number of halogens is 1. The number of nitriles is 1. The van der Waals surface area contributed by atoms with Gasteiger partial charge in [0, 0.05) is 11.3 Å². The highest BCUT2D eigenvalue weighted by Crippen LogP contribution is 2.30. The molecular formula is C16H11ClN4O. The van der Waals surface area contributed by atoms with Gasteiger partial charge in [-0.15, -0.1) is 0 Å². The zero-order chi connectivity index (χ0) is 15.5. The minimum atomic E-state index is -0.361. The third kappa shape index (κ3) is 2.78. The largest absolute Gasteiger partial charge is 0.338 e. The summed E-state index contributed by atoms with van der Waals surface area (Å²) in [6.45, 7) is 0. The average Bonchev–Trinajstić information content (AvgIpc) is 2.93. The number of nitrogens with zero attached hydrogens (tertiary/aromatic N) is 2. The highest BCUT2D eigenvalue weighted by Gasteiger charge is 2.11. The number of fused-ring (bicyclic) bond motifs is 1. The van der Waals surface area contributed by atoms with Crippen LogP contribution < -0.4 is 5.32 Å². The smallest absolute Gasteiger partial charge is 0.238 e. The fourth-order valence-electron chi connectivity index (χ4n) is 2.14. The quantitative estimate of drug-likeness (QED) is 0.773. The molecule has 5 nitrogen and oxygen atoms in total. The van der Waals surface area contributed by atoms with Crippen molar-refractivity contribution >= 4 is 34.2 Å². The fourth-order valence-corrected chi connectivity index (χ4v) is 2.35. The van der Waals surface area contributed by atoms with Crippen molar-refractivity contribution in [3.63, 3.8) is 0 Å². The summed E-state index contributed by atoms with van der Waals surface area (Å²) >= 11 is 6.23. The Hall–Kier alpha value is -2.84. The number of hydrogen-bond donors (Lipinski definition) is 2. The second-order valence-electron chi connectivity index (χ2n) is 4.68. The molecule has 22 heavy (non-hydrogen) atoms. The number of anilines is 1. The first-order chi connectivity index (χ1) is 10.7. The first kappa shape index (κ1) is 14.1. The summed E-state index contributed by atoms with van der Waals surface area (Å²) in [6.07, 6.45) is -0.192. The number of amides is 1. The SMILES string of the molecule is N#CCC(=O)Nc1ccc(Cl)c(-c2nc3ccccc3[nH]2)c1. The van der Waals surface area contributed by atoms with E-state index in [-0.39, 0.29) is 12.3 Å². The van der Waals surface area contributed by atoms with Gasteiger partial charge in [-0.05, 0) is 30.3 Å². The van der Waals surface area contributed by atoms with Gasteiger partial charge in [0.1, 0.15) is 12.2 Å². The monoisotopic (exact) mass is 310 g/mol. The van der Waals surface area contributed by atoms with Gasteiger partial charge in [0.2, 0.25) is 5.91 Å². The normalized spacial score (nSPS) is 10.4. The maximum atomic E-state index is 11.5. The van der Waals surface area contributed by atoms with E-state index in [4.69, 9.17) is 16.9 Å². The molecule has 6 heteroatoms. The molecule has 0 aliphatic heterocycles. The van der Waals surface area contributed by atoms with Gasteiger partial charge in [0.05, 0.1) is 22.1 Å². The van der Waals surface area contributed by atoms with Crippen molar-refractivity contribution in [3.05, 3.63) is 47.5 Å². The number of aromatic nitrogens is 2. The van der Waals surface area contributed by atoms with E-state index in [2.05, 4.69) is 15.3 Å². The van der Waals surface area contributed by atoms with Crippen LogP contribution >= 0.6 is 11.6 Å². The third-order valence-electron chi connectivity index (χ3n) is 3.13. The van der Waals surface area contributed by atoms with Crippen molar-refractivity contribution in [2.45, 2.75) is 6.42 Å². The van der Waals surface area contributed by atoms with E-state index in [1.54, 1.807) is 24.3 Å². The van der Waals surface area contributed by atoms with Gasteiger partial charge < -0.3 is 10.3 Å². The van der Waals surface area contributed by atoms with Gasteiger partial charge in [-0.1, -0.05) is 23.7 Å². The second-order valence-corrected chi connectivity index (χ2v) is 5.09. The fraction of sp³-hybridized carbons (Fsp3) is 0.0625. The van der Waals surface area contributed by atoms with E-state index < -0.39 is 0 Å². The molecule has 1 amide bonds. The van der Waals surface area contributed by atoms with E-state index in [1.807, 2.05) is 24.3 Å². The third-order valence-corrected chi connectivity index (χ3v) is 3.46. The molecule has 0 spiro atoms. The molecule has 108 valence electrons. The number of aromatic amines is 1. The topological polar surface area (TPSA) is 81.6 Å². The Labute approximate surface area is 131 Å². The summed E-state index contributed by atoms with van der Waals surface area (Å²) in [5.74, 6) is 0.267. The lowest BCUT2D eigenvalue weighted by atomic mass is 10.2. The molecule has 0 fully saturated rings. The number of hydrogen-bond acceptors (Lipinski definition) is 3. The van der Waals surface area contributed by atoms with Crippen molar-refractivity contribution in [2.24, 2.45) is 0 Å². The molecule has 2 aromatic carbocycles. The van der Waals surface area contributed by atoms with E-state index in [0.717, 1.165) is 11.0 Å². The minimum Gasteiger partial charge on any atom is -0.338 e. The summed E-state index contributed by atoms with van der Waals surface area (Å²) in [6, 6.07) is 14.6. The predicted octanol–water partition coefficient (Wildman–Crippen LogP) is 3.74. The molecular weight excluding hydrogens is 300 g/mol. The van der Waals surface area contributed by atoms with Gasteiger partial charge in [0.15, 0.2) is 0 Å². The summed E-state index contributed by atoms with van der Waals surface area (Å²) in [5.41, 5.74) is 3.01. The molecule has 1 aromatic heterocycles. The number of rotatable bonds is 3. The summed E-state index contributed by atoms with van der Waals surface area (Å²) in [5, 5.41) is 11.7. The Morgan fingerprint density at radius 3 is 2.91 bits per heavy atom. The Bertz CT molecular complexity index is 862. The van der Waals surface area contributed by atoms with Crippen LogP contribution in [0.1, 0.15) is 6.42 Å². The zero-order valence-electron chi connectivity index (χ0n) is 11.4. The van der Waals surface area contributed by atoms with Gasteiger partial charge in [-0.2, -0.15) is 5.26 Å². The summed E-state index contributed by atoms with van der Waals surface area (Å²) < 4.78 is 0. The van der Waals surface area contributed by atoms with Crippen LogP contribution in [0.4, 0.5) is 5.69 Å². The Morgan fingerprint density at radius 2 is 2.14 bits per heavy atom. The van der Waals surface area contributed by atoms with Crippen molar-refractivity contribution in [1.29, 1.82) is 5.26 Å². The molecule has 0 radical (unpaired) electrons. The lowest BCUT2D eigenvalue weighted by Gasteiger charge is -2.06. The van der Waals surface area contributed by atoms with Crippen LogP contribution in [-0.4, -0.2) is 15.9 Å². The lowest BCUT2D eigenvalue weighted by Crippen LogP contribution is -2.10. The van der Waals surface area contributed by atoms with E-state index in [9.17, 15) is 4.79 Å². The van der Waals surface area contributed by atoms with Crippen molar-refractivity contribution in [3.8, 4) is 17.5 Å². The maximum Gasteiger partial charge on any atom is 0.238 e. The Morgan fingerprint density at radius 1 is 1.32 bits per heavy atom. The van der Waals surface area contributed by atoms with E-state index >= 15 is 0 Å². The van der Waals surface area contributed by atoms with Crippen LogP contribution in [0.25, 0.3) is 22.4 Å². The van der Waals surface area contributed by atoms with Crippen LogP contribution in [0, 0.1) is 11.3 Å². The van der Waals surface area contributed by atoms with Crippen molar-refractivity contribution in [2.75, 3.05) is 5.32 Å². The highest BCUT2D eigenvalue weighted by molar-refractivity contribution is 6.33. The lowest BCUT2D eigenvalue weighted by molar-refractivity contribution is -0.115. The molecule has 0 unspecified atom stereocenters. The number of H-pyrrole nitrogens is 1. The van der Waals surface area contributed by atoms with Gasteiger partial charge in [0.25, 0.3) is 0 Å². The minimum absolute atomic E-state index is 0.192. The summed E-state index contributed by atoms with van der Waals surface area (Å²) in [4.78, 5) is 19.2. The molecule has 0 saturated carbocycles. The van der Waals surface area contributed by atoms with Crippen LogP contribution in [-0.2, 0) is 4.79 Å². The molecule has 3 rings (SSSR count). The maximum absolute atomic E-state index is 11.5. The van der Waals surface area contributed by atoms with Gasteiger partial charge in [-0.3, -0.25) is 4.79 Å². The number of carbonyl (C=O) groups is 1. The predicted molar refractivity (Wildman–Crippen MR) is 85.4 cm³/mol. The molecule has 0 aliphatic rings. The Balaban J connectivity index is 1.99. The van der Waals surface area contributed by atoms with Crippen molar-refractivity contribution in [1.82, 2.24) is 9.97 Å². The van der Waals surface area contributed by atoms with Crippen LogP contribution in [0.5, 0.6) is 0 Å². The molecule has 0 atom stereocenters. The number of benzene rings is 2. The number of para-hydroxylation sites is 2. The first-order valence-corrected chi connectivity index (χ1v) is 6.96. The highest BCUT2D eigenvalue weighted by atomic mass is 35.5. The second kappa shape index (κ2) is 5.88. The Kier molecular flexibility index (Phi) is 3.77. The van der Waals surface area contributed by atoms with Crippen molar-refractivity contribution < 1.29 is 4.79 Å². The molecule has 1 heterocycles.